The highest BCUT2D eigenvalue weighted by molar-refractivity contribution is 7.21. The van der Waals surface area contributed by atoms with Crippen LogP contribution in [0.15, 0.2) is 30.5 Å². The van der Waals surface area contributed by atoms with E-state index in [1.165, 1.54) is 17.4 Å². The van der Waals surface area contributed by atoms with E-state index >= 15 is 0 Å². The topological polar surface area (TPSA) is 51.8 Å². The number of hydrogen-bond acceptors (Lipinski definition) is 4. The van der Waals surface area contributed by atoms with Crippen molar-refractivity contribution in [3.05, 3.63) is 41.8 Å². The van der Waals surface area contributed by atoms with Crippen molar-refractivity contribution in [2.24, 2.45) is 0 Å². The van der Waals surface area contributed by atoms with Crippen molar-refractivity contribution >= 4 is 27.4 Å². The van der Waals surface area contributed by atoms with Gasteiger partial charge in [-0.2, -0.15) is 0 Å². The van der Waals surface area contributed by atoms with Crippen LogP contribution in [0.3, 0.4) is 0 Å². The summed E-state index contributed by atoms with van der Waals surface area (Å²) in [6, 6.07) is 6.71. The molecule has 3 rings (SSSR count). The van der Waals surface area contributed by atoms with E-state index < -0.39 is 0 Å². The normalized spacial score (nSPS) is 11.0. The fourth-order valence-electron chi connectivity index (χ4n) is 1.86. The summed E-state index contributed by atoms with van der Waals surface area (Å²) in [7, 11) is 0. The van der Waals surface area contributed by atoms with Gasteiger partial charge in [-0.25, -0.2) is 14.4 Å². The molecule has 0 atom stereocenters. The fraction of sp³-hybridized carbons (Fsp3) is 0.0769. The summed E-state index contributed by atoms with van der Waals surface area (Å²) < 4.78 is 14.8. The Labute approximate surface area is 107 Å². The van der Waals surface area contributed by atoms with Gasteiger partial charge in [-0.15, -0.1) is 11.3 Å². The number of aryl methyl sites for hydroxylation is 1. The molecule has 3 nitrogen and oxygen atoms in total. The highest BCUT2D eigenvalue weighted by Crippen LogP contribution is 2.33. The van der Waals surface area contributed by atoms with E-state index in [-0.39, 0.29) is 5.82 Å². The van der Waals surface area contributed by atoms with Crippen LogP contribution in [0.25, 0.3) is 20.8 Å². The Hall–Kier alpha value is -2.01. The lowest BCUT2D eigenvalue weighted by atomic mass is 10.1. The zero-order valence-electron chi connectivity index (χ0n) is 9.64. The van der Waals surface area contributed by atoms with Crippen molar-refractivity contribution in [1.29, 1.82) is 0 Å². The number of nitrogens with two attached hydrogens (primary N) is 1. The number of thiazole rings is 1. The number of aromatic nitrogens is 2. The Balaban J connectivity index is 2.26. The van der Waals surface area contributed by atoms with Gasteiger partial charge in [0.05, 0.1) is 10.2 Å². The molecule has 0 aliphatic heterocycles. The van der Waals surface area contributed by atoms with E-state index in [1.54, 1.807) is 18.3 Å². The van der Waals surface area contributed by atoms with E-state index in [4.69, 9.17) is 5.73 Å². The Kier molecular flexibility index (Phi) is 2.48. The van der Waals surface area contributed by atoms with E-state index in [1.807, 2.05) is 13.0 Å². The van der Waals surface area contributed by atoms with Gasteiger partial charge in [0.2, 0.25) is 0 Å². The van der Waals surface area contributed by atoms with Crippen LogP contribution < -0.4 is 5.73 Å². The molecule has 2 aromatic heterocycles. The van der Waals surface area contributed by atoms with Crippen LogP contribution in [-0.4, -0.2) is 9.97 Å². The van der Waals surface area contributed by atoms with Gasteiger partial charge < -0.3 is 5.73 Å². The second-order valence-electron chi connectivity index (χ2n) is 4.03. The van der Waals surface area contributed by atoms with Crippen LogP contribution in [0, 0.1) is 12.7 Å². The smallest absolute Gasteiger partial charge is 0.133 e. The number of pyridine rings is 1. The molecule has 0 aliphatic carbocycles. The van der Waals surface area contributed by atoms with Crippen molar-refractivity contribution in [2.75, 3.05) is 5.73 Å². The Morgan fingerprint density at radius 1 is 1.33 bits per heavy atom. The molecule has 90 valence electrons. The van der Waals surface area contributed by atoms with Crippen molar-refractivity contribution in [3.8, 4) is 10.6 Å². The molecule has 0 unspecified atom stereocenters. The summed E-state index contributed by atoms with van der Waals surface area (Å²) in [5.41, 5.74) is 7.79. The van der Waals surface area contributed by atoms with E-state index in [0.717, 1.165) is 15.8 Å². The maximum Gasteiger partial charge on any atom is 0.133 e. The predicted octanol–water partition coefficient (Wildman–Crippen LogP) is 3.39. The van der Waals surface area contributed by atoms with Gasteiger partial charge in [0.15, 0.2) is 0 Å². The third-order valence-corrected chi connectivity index (χ3v) is 3.76. The van der Waals surface area contributed by atoms with Gasteiger partial charge in [-0.05, 0) is 18.6 Å². The standard InChI is InChI=1S/C13H10FN3S/c1-7-3-2-4-8(14)12(7)13-17-9-5-11(15)16-6-10(9)18-13/h2-6H,1H3,(H2,15,16). The molecule has 0 bridgehead atoms. The Morgan fingerprint density at radius 3 is 2.94 bits per heavy atom. The number of nitrogen functional groups attached to an aromatic ring is 1. The molecular weight excluding hydrogens is 249 g/mol. The first-order valence-corrected chi connectivity index (χ1v) is 6.24. The van der Waals surface area contributed by atoms with Crippen LogP contribution in [0.2, 0.25) is 0 Å². The van der Waals surface area contributed by atoms with Gasteiger partial charge in [-0.3, -0.25) is 0 Å². The van der Waals surface area contributed by atoms with Gasteiger partial charge in [0.1, 0.15) is 16.6 Å². The molecule has 2 N–H and O–H groups in total. The highest BCUT2D eigenvalue weighted by atomic mass is 32.1. The third-order valence-electron chi connectivity index (χ3n) is 2.73. The summed E-state index contributed by atoms with van der Waals surface area (Å²) in [5, 5.41) is 0.660. The molecular formula is C13H10FN3S. The third kappa shape index (κ3) is 1.73. The number of rotatable bonds is 1. The average molecular weight is 259 g/mol. The predicted molar refractivity (Wildman–Crippen MR) is 72.0 cm³/mol. The molecule has 0 fully saturated rings. The first-order chi connectivity index (χ1) is 8.65. The van der Waals surface area contributed by atoms with E-state index in [9.17, 15) is 4.39 Å². The number of benzene rings is 1. The number of fused-ring (bicyclic) bond motifs is 1. The zero-order valence-corrected chi connectivity index (χ0v) is 10.5. The lowest BCUT2D eigenvalue weighted by Gasteiger charge is -2.02. The molecule has 2 heterocycles. The van der Waals surface area contributed by atoms with Crippen LogP contribution in [0.4, 0.5) is 10.2 Å². The van der Waals surface area contributed by atoms with Crippen LogP contribution >= 0.6 is 11.3 Å². The zero-order chi connectivity index (χ0) is 12.7. The maximum atomic E-state index is 13.9. The largest absolute Gasteiger partial charge is 0.384 e. The first kappa shape index (κ1) is 11.1. The van der Waals surface area contributed by atoms with Gasteiger partial charge in [0, 0.05) is 17.8 Å². The second kappa shape index (κ2) is 4.03. The lowest BCUT2D eigenvalue weighted by molar-refractivity contribution is 0.630. The van der Waals surface area contributed by atoms with Gasteiger partial charge in [-0.1, -0.05) is 12.1 Å². The molecule has 0 radical (unpaired) electrons. The van der Waals surface area contributed by atoms with Crippen molar-refractivity contribution in [1.82, 2.24) is 9.97 Å². The molecule has 0 spiro atoms. The van der Waals surface area contributed by atoms with Gasteiger partial charge in [0.25, 0.3) is 0 Å². The molecule has 3 aromatic rings. The minimum Gasteiger partial charge on any atom is -0.384 e. The monoisotopic (exact) mass is 259 g/mol. The first-order valence-electron chi connectivity index (χ1n) is 5.42. The number of anilines is 1. The molecule has 0 aliphatic rings. The van der Waals surface area contributed by atoms with Crippen LogP contribution in [0.1, 0.15) is 5.56 Å². The highest BCUT2D eigenvalue weighted by Gasteiger charge is 2.13. The minimum absolute atomic E-state index is 0.255. The van der Waals surface area contributed by atoms with Crippen molar-refractivity contribution in [3.63, 3.8) is 0 Å². The van der Waals surface area contributed by atoms with E-state index in [2.05, 4.69) is 9.97 Å². The van der Waals surface area contributed by atoms with Crippen LogP contribution in [0.5, 0.6) is 0 Å². The lowest BCUT2D eigenvalue weighted by Crippen LogP contribution is -1.88. The number of halogens is 1. The number of hydrogen-bond donors (Lipinski definition) is 1. The Bertz CT molecular complexity index is 716. The summed E-state index contributed by atoms with van der Waals surface area (Å²) in [4.78, 5) is 8.44. The molecule has 0 saturated carbocycles. The molecule has 0 amide bonds. The summed E-state index contributed by atoms with van der Waals surface area (Å²) in [6.07, 6.45) is 1.67. The summed E-state index contributed by atoms with van der Waals surface area (Å²) in [6.45, 7) is 1.87. The summed E-state index contributed by atoms with van der Waals surface area (Å²) in [5.74, 6) is 0.166. The molecule has 0 saturated heterocycles. The average Bonchev–Trinajstić information content (AvgIpc) is 2.71. The fourth-order valence-corrected chi connectivity index (χ4v) is 2.89. The second-order valence-corrected chi connectivity index (χ2v) is 5.06. The summed E-state index contributed by atoms with van der Waals surface area (Å²) >= 11 is 1.42. The van der Waals surface area contributed by atoms with Crippen molar-refractivity contribution in [2.45, 2.75) is 6.92 Å². The van der Waals surface area contributed by atoms with Crippen molar-refractivity contribution < 1.29 is 4.39 Å². The minimum atomic E-state index is -0.255. The Morgan fingerprint density at radius 2 is 2.17 bits per heavy atom. The molecule has 1 aromatic carbocycles. The maximum absolute atomic E-state index is 13.9. The van der Waals surface area contributed by atoms with Crippen LogP contribution in [-0.2, 0) is 0 Å². The molecule has 18 heavy (non-hydrogen) atoms. The SMILES string of the molecule is Cc1cccc(F)c1-c1nc2cc(N)ncc2s1. The number of nitrogens with zero attached hydrogens (tertiary/aromatic N) is 2. The van der Waals surface area contributed by atoms with Gasteiger partial charge >= 0.3 is 0 Å². The quantitative estimate of drug-likeness (QED) is 0.728. The molecule has 5 heteroatoms. The van der Waals surface area contributed by atoms with E-state index in [0.29, 0.717) is 16.4 Å².